The number of halogens is 2. The molecule has 2 saturated heterocycles. The van der Waals surface area contributed by atoms with Gasteiger partial charge in [-0.15, -0.1) is 0 Å². The summed E-state index contributed by atoms with van der Waals surface area (Å²) < 4.78 is 15.6. The van der Waals surface area contributed by atoms with Crippen LogP contribution in [0.1, 0.15) is 104 Å². The molecule has 9 unspecified atom stereocenters. The Morgan fingerprint density at radius 1 is 1.02 bits per heavy atom. The van der Waals surface area contributed by atoms with Crippen molar-refractivity contribution < 1.29 is 9.18 Å². The van der Waals surface area contributed by atoms with Crippen LogP contribution >= 0.6 is 15.9 Å². The van der Waals surface area contributed by atoms with E-state index >= 15 is 4.39 Å². The summed E-state index contributed by atoms with van der Waals surface area (Å²) in [6, 6.07) is 1.19. The Kier molecular flexibility index (Phi) is 11.5. The molecule has 0 aromatic carbocycles. The summed E-state index contributed by atoms with van der Waals surface area (Å²) in [7, 11) is 5.09. The Bertz CT molecular complexity index is 943. The van der Waals surface area contributed by atoms with Gasteiger partial charge in [0.15, 0.2) is 0 Å². The molecule has 6 aliphatic rings. The van der Waals surface area contributed by atoms with E-state index in [0.717, 1.165) is 62.5 Å². The second-order valence-electron chi connectivity index (χ2n) is 14.4. The average molecular weight is 647 g/mol. The van der Waals surface area contributed by atoms with Crippen LogP contribution in [0.3, 0.4) is 0 Å². The second-order valence-corrected chi connectivity index (χ2v) is 15.6. The third-order valence-electron chi connectivity index (χ3n) is 12.0. The molecule has 9 atom stereocenters. The van der Waals surface area contributed by atoms with Crippen LogP contribution in [0.2, 0.25) is 0 Å². The molecule has 1 amide bonds. The van der Waals surface area contributed by atoms with Crippen LogP contribution in [-0.4, -0.2) is 83.1 Å². The molecule has 0 spiro atoms. The Labute approximate surface area is 264 Å². The van der Waals surface area contributed by atoms with Gasteiger partial charge >= 0.3 is 32.5 Å². The summed E-state index contributed by atoms with van der Waals surface area (Å²) in [6.07, 6.45) is 15.8. The van der Waals surface area contributed by atoms with Gasteiger partial charge in [-0.2, -0.15) is 0 Å². The van der Waals surface area contributed by atoms with Crippen LogP contribution in [0.15, 0.2) is 12.7 Å². The molecule has 235 valence electrons. The molecular weight excluding hydrogens is 590 g/mol. The molecule has 6 fully saturated rings. The van der Waals surface area contributed by atoms with Crippen molar-refractivity contribution in [1.82, 2.24) is 20.7 Å². The Hall–Kier alpha value is -0.565. The van der Waals surface area contributed by atoms with E-state index in [1.165, 1.54) is 44.9 Å². The first-order valence-electron chi connectivity index (χ1n) is 17.3. The van der Waals surface area contributed by atoms with Crippen molar-refractivity contribution in [1.29, 1.82) is 0 Å². The van der Waals surface area contributed by atoms with Gasteiger partial charge in [0.1, 0.15) is 6.17 Å². The number of hydrogen-bond donors (Lipinski definition) is 2. The minimum absolute atomic E-state index is 0.0374. The van der Waals surface area contributed by atoms with Gasteiger partial charge in [0.05, 0.1) is 12.0 Å². The molecule has 2 heterocycles. The number of carbonyl (C=O) groups excluding carboxylic acids is 1. The van der Waals surface area contributed by atoms with Gasteiger partial charge in [-0.25, -0.2) is 14.8 Å². The number of nitrogens with one attached hydrogen (secondary N) is 2. The van der Waals surface area contributed by atoms with Crippen LogP contribution in [0.5, 0.6) is 0 Å². The first kappa shape index (κ1) is 32.8. The topological polar surface area (TPSA) is 47.6 Å². The fraction of sp³-hybridized carbons (Fsp3) is 0.882. The van der Waals surface area contributed by atoms with Crippen molar-refractivity contribution in [3.05, 3.63) is 12.7 Å². The Balaban J connectivity index is 0.000000652. The van der Waals surface area contributed by atoms with Crippen LogP contribution in [-0.2, 0) is 4.79 Å². The van der Waals surface area contributed by atoms with Crippen molar-refractivity contribution >= 4 is 34.8 Å². The van der Waals surface area contributed by atoms with E-state index in [-0.39, 0.29) is 30.0 Å². The van der Waals surface area contributed by atoms with E-state index in [1.807, 2.05) is 0 Å². The number of piperidine rings is 1. The third-order valence-corrected chi connectivity index (χ3v) is 13.3. The van der Waals surface area contributed by atoms with Gasteiger partial charge in [-0.05, 0) is 88.5 Å². The summed E-state index contributed by atoms with van der Waals surface area (Å²) in [5.74, 6) is 2.95. The molecule has 42 heavy (non-hydrogen) atoms. The zero-order valence-corrected chi connectivity index (χ0v) is 28.0. The number of hydrazine groups is 1. The standard InChI is InChI=1S/C30H50BrFN4O.C4H6B/c1-3-33-28-18(2)23(31)15-14-22(28)30(37)35-17-16-26-27-25(35)9-5-8-24(32)29(27)34-36(26)21-12-10-20(11-13-21)19-6-4-7-19;1-3-4(2)5/h18-29,33-34H,3-17H2,1-2H3;3H,1H2,2H3. The number of alkyl halides is 2. The van der Waals surface area contributed by atoms with Crippen molar-refractivity contribution in [2.75, 3.05) is 13.1 Å². The number of likely N-dealkylation sites (tertiary alicyclic amines) is 1. The molecule has 0 bridgehead atoms. The van der Waals surface area contributed by atoms with Crippen LogP contribution in [0, 0.1) is 29.6 Å². The van der Waals surface area contributed by atoms with E-state index in [4.69, 9.17) is 7.49 Å². The summed E-state index contributed by atoms with van der Waals surface area (Å²) in [5, 5.41) is 6.21. The number of carbonyl (C=O) groups is 1. The van der Waals surface area contributed by atoms with Gasteiger partial charge in [0.25, 0.3) is 0 Å². The second kappa shape index (κ2) is 14.7. The first-order chi connectivity index (χ1) is 20.2. The fourth-order valence-corrected chi connectivity index (χ4v) is 10.1. The summed E-state index contributed by atoms with van der Waals surface area (Å²) in [5.41, 5.74) is 4.55. The number of hydrogen-bond acceptors (Lipinski definition) is 4. The molecule has 2 aliphatic heterocycles. The molecule has 0 aromatic rings. The van der Waals surface area contributed by atoms with Gasteiger partial charge in [-0.1, -0.05) is 49.0 Å². The predicted octanol–water partition coefficient (Wildman–Crippen LogP) is 5.96. The number of rotatable bonds is 6. The summed E-state index contributed by atoms with van der Waals surface area (Å²) >= 11 is 3.88. The Morgan fingerprint density at radius 2 is 1.69 bits per heavy atom. The molecule has 2 N–H and O–H groups in total. The predicted molar refractivity (Wildman–Crippen MR) is 177 cm³/mol. The SMILES string of the molecule is CCNC1C(C(=O)N2CCC3C4C(NN3C3CCC(C5CCC5)CC3)C(F)CCCC42)CCC(Br)C1C.[B]=C(C)C=C. The molecule has 4 aliphatic carbocycles. The molecule has 1 radical (unpaired) electrons. The van der Waals surface area contributed by atoms with Gasteiger partial charge in [-0.3, -0.25) is 4.79 Å². The van der Waals surface area contributed by atoms with E-state index < -0.39 is 6.17 Å². The van der Waals surface area contributed by atoms with Gasteiger partial charge in [0, 0.05) is 41.5 Å². The van der Waals surface area contributed by atoms with Crippen molar-refractivity contribution in [3.63, 3.8) is 0 Å². The van der Waals surface area contributed by atoms with Crippen LogP contribution in [0.4, 0.5) is 4.39 Å². The first-order valence-corrected chi connectivity index (χ1v) is 18.2. The third kappa shape index (κ3) is 6.82. The minimum atomic E-state index is -0.803. The number of nitrogens with zero attached hydrogens (tertiary/aromatic N) is 2. The monoisotopic (exact) mass is 645 g/mol. The average Bonchev–Trinajstić information content (AvgIpc) is 3.27. The van der Waals surface area contributed by atoms with Gasteiger partial charge in [0.2, 0.25) is 5.91 Å². The van der Waals surface area contributed by atoms with Crippen molar-refractivity contribution in [2.45, 2.75) is 145 Å². The maximum atomic E-state index is 15.6. The summed E-state index contributed by atoms with van der Waals surface area (Å²) in [6.45, 7) is 11.4. The molecule has 4 saturated carbocycles. The van der Waals surface area contributed by atoms with Crippen molar-refractivity contribution in [3.8, 4) is 0 Å². The zero-order chi connectivity index (χ0) is 30.0. The maximum absolute atomic E-state index is 15.6. The van der Waals surface area contributed by atoms with Crippen LogP contribution < -0.4 is 10.7 Å². The number of amides is 1. The molecule has 6 rings (SSSR count). The Morgan fingerprint density at radius 3 is 2.31 bits per heavy atom. The normalized spacial score (nSPS) is 42.4. The number of allylic oxidation sites excluding steroid dienone is 1. The van der Waals surface area contributed by atoms with E-state index in [9.17, 15) is 4.79 Å². The summed E-state index contributed by atoms with van der Waals surface area (Å²) in [4.78, 5) is 16.9. The molecule has 5 nitrogen and oxygen atoms in total. The fourth-order valence-electron chi connectivity index (χ4n) is 9.46. The molecule has 8 heteroatoms. The molecular formula is C34H56BBrFN4O. The van der Waals surface area contributed by atoms with E-state index in [0.29, 0.717) is 35.2 Å². The molecule has 0 aromatic heterocycles. The van der Waals surface area contributed by atoms with E-state index in [1.54, 1.807) is 13.0 Å². The van der Waals surface area contributed by atoms with E-state index in [2.05, 4.69) is 57.0 Å². The zero-order valence-electron chi connectivity index (χ0n) is 26.5. The van der Waals surface area contributed by atoms with Crippen molar-refractivity contribution in [2.24, 2.45) is 29.6 Å². The quantitative estimate of drug-likeness (QED) is 0.276. The van der Waals surface area contributed by atoms with Gasteiger partial charge < -0.3 is 10.2 Å². The van der Waals surface area contributed by atoms with Crippen LogP contribution in [0.25, 0.3) is 0 Å².